The lowest BCUT2D eigenvalue weighted by Crippen LogP contribution is -2.34. The van der Waals surface area contributed by atoms with Gasteiger partial charge in [0.05, 0.1) is 4.90 Å². The van der Waals surface area contributed by atoms with Crippen LogP contribution in [0, 0.1) is 20.8 Å². The standard InChI is InChI=1S/C18H20N2O4S/c1-12-9-13(2)17(14(3)10-12)25(23,24)20-16(18(21)19-22)11-15-7-5-4-6-8-15/h4-11,20,22H,1-3H3,(H,19,21). The predicted molar refractivity (Wildman–Crippen MR) is 95.3 cm³/mol. The van der Waals surface area contributed by atoms with Crippen molar-refractivity contribution >= 4 is 22.0 Å². The highest BCUT2D eigenvalue weighted by atomic mass is 32.2. The molecule has 0 aliphatic rings. The molecule has 0 saturated carbocycles. The molecule has 1 amide bonds. The molecule has 0 spiro atoms. The second kappa shape index (κ2) is 7.50. The van der Waals surface area contributed by atoms with E-state index in [2.05, 4.69) is 4.72 Å². The van der Waals surface area contributed by atoms with Gasteiger partial charge in [0.2, 0.25) is 0 Å². The van der Waals surface area contributed by atoms with Crippen molar-refractivity contribution < 1.29 is 18.4 Å². The van der Waals surface area contributed by atoms with Crippen molar-refractivity contribution in [2.45, 2.75) is 25.7 Å². The van der Waals surface area contributed by atoms with Gasteiger partial charge in [-0.05, 0) is 43.5 Å². The molecule has 3 N–H and O–H groups in total. The zero-order valence-electron chi connectivity index (χ0n) is 14.2. The van der Waals surface area contributed by atoms with Crippen LogP contribution in [0.15, 0.2) is 53.1 Å². The van der Waals surface area contributed by atoms with Crippen molar-refractivity contribution in [3.63, 3.8) is 0 Å². The van der Waals surface area contributed by atoms with E-state index in [0.29, 0.717) is 16.7 Å². The van der Waals surface area contributed by atoms with Gasteiger partial charge in [-0.3, -0.25) is 14.7 Å². The number of rotatable bonds is 5. The fraction of sp³-hybridized carbons (Fsp3) is 0.167. The molecule has 0 bridgehead atoms. The Bertz CT molecular complexity index is 896. The summed E-state index contributed by atoms with van der Waals surface area (Å²) in [7, 11) is -4.00. The van der Waals surface area contributed by atoms with Gasteiger partial charge in [0, 0.05) is 0 Å². The van der Waals surface area contributed by atoms with Gasteiger partial charge in [-0.25, -0.2) is 13.9 Å². The van der Waals surface area contributed by atoms with Crippen LogP contribution in [0.1, 0.15) is 22.3 Å². The Morgan fingerprint density at radius 1 is 1.04 bits per heavy atom. The number of amides is 1. The maximum atomic E-state index is 12.8. The number of hydrogen-bond acceptors (Lipinski definition) is 4. The van der Waals surface area contributed by atoms with Crippen LogP contribution in [-0.2, 0) is 14.8 Å². The molecule has 2 rings (SSSR count). The highest BCUT2D eigenvalue weighted by molar-refractivity contribution is 7.89. The molecular formula is C18H20N2O4S. The average molecular weight is 360 g/mol. The van der Waals surface area contributed by atoms with Gasteiger partial charge in [0.1, 0.15) is 5.70 Å². The summed E-state index contributed by atoms with van der Waals surface area (Å²) < 4.78 is 27.9. The van der Waals surface area contributed by atoms with Crippen molar-refractivity contribution in [2.24, 2.45) is 0 Å². The summed E-state index contributed by atoms with van der Waals surface area (Å²) in [5.74, 6) is -0.949. The second-order valence-electron chi connectivity index (χ2n) is 5.74. The molecule has 0 unspecified atom stereocenters. The van der Waals surface area contributed by atoms with Crippen LogP contribution in [0.4, 0.5) is 0 Å². The fourth-order valence-electron chi connectivity index (χ4n) is 2.70. The Morgan fingerprint density at radius 2 is 1.60 bits per heavy atom. The third-order valence-corrected chi connectivity index (χ3v) is 5.24. The topological polar surface area (TPSA) is 95.5 Å². The third-order valence-electron chi connectivity index (χ3n) is 3.57. The molecule has 0 fully saturated rings. The van der Waals surface area contributed by atoms with Crippen LogP contribution in [0.25, 0.3) is 6.08 Å². The minimum atomic E-state index is -4.00. The van der Waals surface area contributed by atoms with Gasteiger partial charge < -0.3 is 0 Å². The van der Waals surface area contributed by atoms with E-state index < -0.39 is 15.9 Å². The lowest BCUT2D eigenvalue weighted by molar-refractivity contribution is -0.125. The van der Waals surface area contributed by atoms with Gasteiger partial charge in [-0.15, -0.1) is 0 Å². The zero-order chi connectivity index (χ0) is 18.6. The van der Waals surface area contributed by atoms with E-state index in [4.69, 9.17) is 5.21 Å². The Kier molecular flexibility index (Phi) is 5.61. The summed E-state index contributed by atoms with van der Waals surface area (Å²) in [4.78, 5) is 12.0. The highest BCUT2D eigenvalue weighted by Gasteiger charge is 2.23. The minimum absolute atomic E-state index is 0.114. The van der Waals surface area contributed by atoms with Crippen LogP contribution in [-0.4, -0.2) is 19.5 Å². The van der Waals surface area contributed by atoms with Crippen molar-refractivity contribution in [2.75, 3.05) is 0 Å². The fourth-order valence-corrected chi connectivity index (χ4v) is 4.21. The van der Waals surface area contributed by atoms with E-state index in [-0.39, 0.29) is 10.6 Å². The lowest BCUT2D eigenvalue weighted by atomic mass is 10.1. The normalized spacial score (nSPS) is 11.9. The minimum Gasteiger partial charge on any atom is -0.288 e. The number of hydrogen-bond donors (Lipinski definition) is 3. The Labute approximate surface area is 147 Å². The van der Waals surface area contributed by atoms with Crippen molar-refractivity contribution in [1.82, 2.24) is 10.2 Å². The van der Waals surface area contributed by atoms with E-state index in [9.17, 15) is 13.2 Å². The summed E-state index contributed by atoms with van der Waals surface area (Å²) in [6, 6.07) is 12.2. The Morgan fingerprint density at radius 3 is 2.12 bits per heavy atom. The summed E-state index contributed by atoms with van der Waals surface area (Å²) in [6.45, 7) is 5.27. The number of aryl methyl sites for hydroxylation is 3. The number of hydroxylamine groups is 1. The largest absolute Gasteiger partial charge is 0.291 e. The lowest BCUT2D eigenvalue weighted by Gasteiger charge is -2.15. The number of carbonyl (C=O) groups is 1. The molecule has 6 nitrogen and oxygen atoms in total. The number of carbonyl (C=O) groups excluding carboxylic acids is 1. The maximum Gasteiger partial charge on any atom is 0.291 e. The summed E-state index contributed by atoms with van der Waals surface area (Å²) in [5.41, 5.74) is 3.89. The Balaban J connectivity index is 2.49. The average Bonchev–Trinajstić information content (AvgIpc) is 2.52. The smallest absolute Gasteiger partial charge is 0.288 e. The van der Waals surface area contributed by atoms with E-state index in [0.717, 1.165) is 5.56 Å². The van der Waals surface area contributed by atoms with E-state index in [1.807, 2.05) is 6.92 Å². The molecule has 0 aromatic heterocycles. The number of sulfonamides is 1. The molecule has 7 heteroatoms. The molecule has 25 heavy (non-hydrogen) atoms. The monoisotopic (exact) mass is 360 g/mol. The molecule has 0 aliphatic carbocycles. The first-order chi connectivity index (χ1) is 11.7. The van der Waals surface area contributed by atoms with Crippen molar-refractivity contribution in [3.8, 4) is 0 Å². The first-order valence-corrected chi connectivity index (χ1v) is 9.05. The van der Waals surface area contributed by atoms with E-state index in [1.54, 1.807) is 56.3 Å². The van der Waals surface area contributed by atoms with Gasteiger partial charge in [0.25, 0.3) is 15.9 Å². The molecular weight excluding hydrogens is 340 g/mol. The predicted octanol–water partition coefficient (Wildman–Crippen LogP) is 2.44. The van der Waals surface area contributed by atoms with E-state index in [1.165, 1.54) is 11.6 Å². The van der Waals surface area contributed by atoms with Crippen LogP contribution >= 0.6 is 0 Å². The molecule has 0 saturated heterocycles. The molecule has 0 radical (unpaired) electrons. The first-order valence-electron chi connectivity index (χ1n) is 7.56. The van der Waals surface area contributed by atoms with Crippen LogP contribution in [0.3, 0.4) is 0 Å². The zero-order valence-corrected chi connectivity index (χ0v) is 15.0. The van der Waals surface area contributed by atoms with Gasteiger partial charge in [-0.2, -0.15) is 0 Å². The van der Waals surface area contributed by atoms with Crippen LogP contribution in [0.2, 0.25) is 0 Å². The summed E-state index contributed by atoms with van der Waals surface area (Å²) >= 11 is 0. The molecule has 2 aromatic carbocycles. The molecule has 0 heterocycles. The number of nitrogens with one attached hydrogen (secondary N) is 2. The first kappa shape index (κ1) is 18.7. The van der Waals surface area contributed by atoms with Gasteiger partial charge in [0.15, 0.2) is 0 Å². The summed E-state index contributed by atoms with van der Waals surface area (Å²) in [5, 5.41) is 8.92. The summed E-state index contributed by atoms with van der Waals surface area (Å²) in [6.07, 6.45) is 1.35. The molecule has 0 aliphatic heterocycles. The molecule has 132 valence electrons. The van der Waals surface area contributed by atoms with Crippen LogP contribution < -0.4 is 10.2 Å². The quantitative estimate of drug-likeness (QED) is 0.433. The van der Waals surface area contributed by atoms with Crippen LogP contribution in [0.5, 0.6) is 0 Å². The van der Waals surface area contributed by atoms with Crippen molar-refractivity contribution in [1.29, 1.82) is 0 Å². The SMILES string of the molecule is Cc1cc(C)c(S(=O)(=O)NC(=Cc2ccccc2)C(=O)NO)c(C)c1. The van der Waals surface area contributed by atoms with Gasteiger partial charge >= 0.3 is 0 Å². The number of benzene rings is 2. The highest BCUT2D eigenvalue weighted by Crippen LogP contribution is 2.22. The molecule has 0 atom stereocenters. The molecule has 2 aromatic rings. The van der Waals surface area contributed by atoms with Gasteiger partial charge in [-0.1, -0.05) is 48.0 Å². The van der Waals surface area contributed by atoms with E-state index >= 15 is 0 Å². The second-order valence-corrected chi connectivity index (χ2v) is 7.36. The maximum absolute atomic E-state index is 12.8. The Hall–Kier alpha value is -2.64. The third kappa shape index (κ3) is 4.46. The van der Waals surface area contributed by atoms with Crippen molar-refractivity contribution in [3.05, 3.63) is 70.4 Å².